The van der Waals surface area contributed by atoms with Crippen molar-refractivity contribution in [3.63, 3.8) is 0 Å². The van der Waals surface area contributed by atoms with Gasteiger partial charge in [0.05, 0.1) is 16.5 Å². The highest BCUT2D eigenvalue weighted by molar-refractivity contribution is 9.10. The maximum absolute atomic E-state index is 12.3. The monoisotopic (exact) mass is 521 g/mol. The van der Waals surface area contributed by atoms with Crippen LogP contribution >= 0.6 is 38.9 Å². The molecule has 0 aliphatic rings. The Morgan fingerprint density at radius 2 is 2.16 bits per heavy atom. The fraction of sp³-hybridized carbons (Fsp3) is 0.227. The summed E-state index contributed by atoms with van der Waals surface area (Å²) in [6.07, 6.45) is 7.99. The molecule has 0 aliphatic heterocycles. The summed E-state index contributed by atoms with van der Waals surface area (Å²) in [6, 6.07) is 8.47. The van der Waals surface area contributed by atoms with Crippen LogP contribution in [-0.2, 0) is 0 Å². The minimum Gasteiger partial charge on any atom is -0.494 e. The number of ether oxygens (including phenoxy) is 2. The highest BCUT2D eigenvalue weighted by Crippen LogP contribution is 2.34. The van der Waals surface area contributed by atoms with Gasteiger partial charge < -0.3 is 14.8 Å². The van der Waals surface area contributed by atoms with Gasteiger partial charge in [-0.25, -0.2) is 9.97 Å². The predicted molar refractivity (Wildman–Crippen MR) is 127 cm³/mol. The zero-order valence-corrected chi connectivity index (χ0v) is 20.1. The standard InChI is InChI=1S/C22H21BrClN3O3S/c1-3-10-29-16-5-7-19(18(24)12-16)30-22-26-13-17(31-22)6-4-14(2)27-21(28)15-8-9-25-20(23)11-15/h4-9,11-14H,3,10H2,1-2H3,(H,27,28)/b6-4+/t14-/m0/s1. The molecule has 0 saturated carbocycles. The lowest BCUT2D eigenvalue weighted by atomic mass is 10.2. The van der Waals surface area contributed by atoms with Crippen LogP contribution < -0.4 is 14.8 Å². The van der Waals surface area contributed by atoms with E-state index in [9.17, 15) is 4.79 Å². The Morgan fingerprint density at radius 1 is 1.32 bits per heavy atom. The fourth-order valence-corrected chi connectivity index (χ4v) is 3.75. The molecule has 1 aromatic carbocycles. The number of pyridine rings is 1. The van der Waals surface area contributed by atoms with E-state index < -0.39 is 0 Å². The van der Waals surface area contributed by atoms with Crippen LogP contribution in [0.3, 0.4) is 0 Å². The molecule has 162 valence electrons. The van der Waals surface area contributed by atoms with Crippen molar-refractivity contribution in [3.8, 4) is 16.7 Å². The van der Waals surface area contributed by atoms with Crippen molar-refractivity contribution in [2.45, 2.75) is 26.3 Å². The lowest BCUT2D eigenvalue weighted by Crippen LogP contribution is -2.31. The minimum absolute atomic E-state index is 0.170. The summed E-state index contributed by atoms with van der Waals surface area (Å²) >= 11 is 10.9. The van der Waals surface area contributed by atoms with Crippen LogP contribution in [0.4, 0.5) is 0 Å². The molecule has 1 N–H and O–H groups in total. The second-order valence-electron chi connectivity index (χ2n) is 6.56. The predicted octanol–water partition coefficient (Wildman–Crippen LogP) is 6.37. The van der Waals surface area contributed by atoms with Crippen molar-refractivity contribution in [3.05, 3.63) is 68.9 Å². The van der Waals surface area contributed by atoms with Crippen molar-refractivity contribution in [1.29, 1.82) is 0 Å². The third-order valence-electron chi connectivity index (χ3n) is 3.97. The van der Waals surface area contributed by atoms with Gasteiger partial charge in [-0.05, 0) is 59.6 Å². The van der Waals surface area contributed by atoms with Crippen molar-refractivity contribution in [2.24, 2.45) is 0 Å². The molecule has 0 saturated heterocycles. The van der Waals surface area contributed by atoms with E-state index in [1.165, 1.54) is 11.3 Å². The number of nitrogens with one attached hydrogen (secondary N) is 1. The first-order valence-electron chi connectivity index (χ1n) is 9.61. The normalized spacial score (nSPS) is 12.0. The van der Waals surface area contributed by atoms with Crippen molar-refractivity contribution in [2.75, 3.05) is 6.61 Å². The summed E-state index contributed by atoms with van der Waals surface area (Å²) < 4.78 is 12.0. The molecule has 3 rings (SSSR count). The number of nitrogens with zero attached hydrogens (tertiary/aromatic N) is 2. The number of halogens is 2. The Balaban J connectivity index is 1.57. The average molecular weight is 523 g/mol. The van der Waals surface area contributed by atoms with Crippen LogP contribution in [0.5, 0.6) is 16.7 Å². The van der Waals surface area contributed by atoms with Crippen LogP contribution in [0.1, 0.15) is 35.5 Å². The van der Waals surface area contributed by atoms with Crippen molar-refractivity contribution in [1.82, 2.24) is 15.3 Å². The van der Waals surface area contributed by atoms with Gasteiger partial charge in [0.25, 0.3) is 11.1 Å². The Kier molecular flexibility index (Phi) is 8.45. The van der Waals surface area contributed by atoms with Gasteiger partial charge in [-0.3, -0.25) is 4.79 Å². The van der Waals surface area contributed by atoms with Crippen LogP contribution in [0.15, 0.2) is 53.4 Å². The van der Waals surface area contributed by atoms with E-state index in [0.29, 0.717) is 38.5 Å². The Bertz CT molecular complexity index is 1070. The van der Waals surface area contributed by atoms with Crippen molar-refractivity contribution < 1.29 is 14.3 Å². The molecule has 9 heteroatoms. The molecule has 2 aromatic heterocycles. The lowest BCUT2D eigenvalue weighted by Gasteiger charge is -2.09. The molecule has 1 atom stereocenters. The number of hydrogen-bond donors (Lipinski definition) is 1. The Labute approximate surface area is 198 Å². The summed E-state index contributed by atoms with van der Waals surface area (Å²) in [5.41, 5.74) is 0.540. The smallest absolute Gasteiger partial charge is 0.279 e. The first kappa shape index (κ1) is 23.2. The van der Waals surface area contributed by atoms with Crippen LogP contribution in [-0.4, -0.2) is 28.5 Å². The topological polar surface area (TPSA) is 73.3 Å². The van der Waals surface area contributed by atoms with Crippen LogP contribution in [0, 0.1) is 0 Å². The fourth-order valence-electron chi connectivity index (χ4n) is 2.48. The van der Waals surface area contributed by atoms with Gasteiger partial charge in [-0.2, -0.15) is 0 Å². The number of thiazole rings is 1. The quantitative estimate of drug-likeness (QED) is 0.331. The van der Waals surface area contributed by atoms with Gasteiger partial charge in [0, 0.05) is 30.1 Å². The number of benzene rings is 1. The molecule has 0 unspecified atom stereocenters. The Hall–Kier alpha value is -2.42. The van der Waals surface area contributed by atoms with E-state index in [0.717, 1.165) is 11.3 Å². The second-order valence-corrected chi connectivity index (χ2v) is 8.80. The second kappa shape index (κ2) is 11.3. The van der Waals surface area contributed by atoms with E-state index in [1.807, 2.05) is 32.1 Å². The summed E-state index contributed by atoms with van der Waals surface area (Å²) in [6.45, 7) is 4.57. The maximum Gasteiger partial charge on any atom is 0.279 e. The molecule has 0 fully saturated rings. The summed E-state index contributed by atoms with van der Waals surface area (Å²) in [5.74, 6) is 1.05. The summed E-state index contributed by atoms with van der Waals surface area (Å²) in [7, 11) is 0. The lowest BCUT2D eigenvalue weighted by molar-refractivity contribution is 0.0947. The zero-order valence-electron chi connectivity index (χ0n) is 17.0. The van der Waals surface area contributed by atoms with E-state index in [4.69, 9.17) is 21.1 Å². The average Bonchev–Trinajstić information content (AvgIpc) is 3.20. The number of amides is 1. The molecule has 31 heavy (non-hydrogen) atoms. The van der Waals surface area contributed by atoms with Gasteiger partial charge in [0.2, 0.25) is 0 Å². The van der Waals surface area contributed by atoms with E-state index in [2.05, 4.69) is 31.2 Å². The number of carbonyl (C=O) groups is 1. The number of carbonyl (C=O) groups excluding carboxylic acids is 1. The minimum atomic E-state index is -0.172. The number of aromatic nitrogens is 2. The largest absolute Gasteiger partial charge is 0.494 e. The molecule has 0 spiro atoms. The van der Waals surface area contributed by atoms with Gasteiger partial charge in [0.1, 0.15) is 16.1 Å². The highest BCUT2D eigenvalue weighted by Gasteiger charge is 2.10. The molecule has 0 bridgehead atoms. The van der Waals surface area contributed by atoms with E-state index in [-0.39, 0.29) is 11.9 Å². The summed E-state index contributed by atoms with van der Waals surface area (Å²) in [5, 5.41) is 3.85. The molecule has 3 aromatic rings. The first-order chi connectivity index (χ1) is 14.9. The van der Waals surface area contributed by atoms with Gasteiger partial charge in [0.15, 0.2) is 0 Å². The van der Waals surface area contributed by atoms with E-state index >= 15 is 0 Å². The molecule has 2 heterocycles. The first-order valence-corrected chi connectivity index (χ1v) is 11.6. The Morgan fingerprint density at radius 3 is 2.90 bits per heavy atom. The van der Waals surface area contributed by atoms with Gasteiger partial charge >= 0.3 is 0 Å². The molecule has 0 aliphatic carbocycles. The van der Waals surface area contributed by atoms with Crippen molar-refractivity contribution >= 4 is 50.9 Å². The molecule has 0 radical (unpaired) electrons. The molecule has 1 amide bonds. The SMILES string of the molecule is CCCOc1ccc(Oc2ncc(/C=C/[C@H](C)NC(=O)c3ccnc(Br)c3)s2)c(Cl)c1. The maximum atomic E-state index is 12.3. The molecular weight excluding hydrogens is 502 g/mol. The van der Waals surface area contributed by atoms with Gasteiger partial charge in [-0.1, -0.05) is 35.9 Å². The number of rotatable bonds is 9. The van der Waals surface area contributed by atoms with Gasteiger partial charge in [-0.15, -0.1) is 0 Å². The molecule has 6 nitrogen and oxygen atoms in total. The van der Waals surface area contributed by atoms with Crippen LogP contribution in [0.25, 0.3) is 6.08 Å². The molecular formula is C22H21BrClN3O3S. The zero-order chi connectivity index (χ0) is 22.2. The highest BCUT2D eigenvalue weighted by atomic mass is 79.9. The summed E-state index contributed by atoms with van der Waals surface area (Å²) in [4.78, 5) is 21.5. The third kappa shape index (κ3) is 7.05. The van der Waals surface area contributed by atoms with E-state index in [1.54, 1.807) is 36.7 Å². The third-order valence-corrected chi connectivity index (χ3v) is 5.54. The number of hydrogen-bond acceptors (Lipinski definition) is 6. The van der Waals surface area contributed by atoms with Crippen LogP contribution in [0.2, 0.25) is 5.02 Å².